The van der Waals surface area contributed by atoms with Crippen molar-refractivity contribution in [1.29, 1.82) is 0 Å². The lowest BCUT2D eigenvalue weighted by molar-refractivity contribution is -0.133. The van der Waals surface area contributed by atoms with Gasteiger partial charge in [-0.1, -0.05) is 31.2 Å². The van der Waals surface area contributed by atoms with E-state index in [1.165, 1.54) is 7.11 Å². The fourth-order valence-electron chi connectivity index (χ4n) is 3.66. The lowest BCUT2D eigenvalue weighted by atomic mass is 10.0. The summed E-state index contributed by atoms with van der Waals surface area (Å²) in [5.41, 5.74) is 4.18. The molecule has 0 aliphatic carbocycles. The Labute approximate surface area is 216 Å². The maximum absolute atomic E-state index is 12.8. The molecule has 0 saturated carbocycles. The normalized spacial score (nSPS) is 12.3. The molecule has 0 aliphatic heterocycles. The van der Waals surface area contributed by atoms with Crippen molar-refractivity contribution in [3.63, 3.8) is 0 Å². The van der Waals surface area contributed by atoms with E-state index in [2.05, 4.69) is 5.32 Å². The fourth-order valence-corrected chi connectivity index (χ4v) is 3.66. The van der Waals surface area contributed by atoms with E-state index < -0.39 is 17.9 Å². The second-order valence-electron chi connectivity index (χ2n) is 8.44. The highest BCUT2D eigenvalue weighted by Gasteiger charge is 2.21. The van der Waals surface area contributed by atoms with Gasteiger partial charge in [-0.05, 0) is 66.1 Å². The summed E-state index contributed by atoms with van der Waals surface area (Å²) in [4.78, 5) is 24.5. The number of hydrogen-bond donors (Lipinski definition) is 3. The number of rotatable bonds is 13. The Balaban J connectivity index is 1.59. The lowest BCUT2D eigenvalue weighted by Crippen LogP contribution is -2.41. The van der Waals surface area contributed by atoms with Gasteiger partial charge in [-0.3, -0.25) is 14.8 Å². The molecule has 0 heterocycles. The van der Waals surface area contributed by atoms with Crippen LogP contribution in [-0.4, -0.2) is 50.7 Å². The largest absolute Gasteiger partial charge is 0.497 e. The van der Waals surface area contributed by atoms with Gasteiger partial charge < -0.3 is 24.3 Å². The molecule has 3 N–H and O–H groups in total. The van der Waals surface area contributed by atoms with Crippen LogP contribution in [0.15, 0.2) is 72.8 Å². The van der Waals surface area contributed by atoms with Gasteiger partial charge in [0.05, 0.1) is 19.8 Å². The van der Waals surface area contributed by atoms with Gasteiger partial charge in [-0.25, -0.2) is 5.48 Å². The Kier molecular flexibility index (Phi) is 10.5. The van der Waals surface area contributed by atoms with Crippen molar-refractivity contribution in [1.82, 2.24) is 10.8 Å². The predicted molar refractivity (Wildman–Crippen MR) is 138 cm³/mol. The summed E-state index contributed by atoms with van der Waals surface area (Å²) in [6.45, 7) is 1.85. The van der Waals surface area contributed by atoms with Gasteiger partial charge in [0.25, 0.3) is 5.91 Å². The Morgan fingerprint density at radius 2 is 1.38 bits per heavy atom. The van der Waals surface area contributed by atoms with E-state index in [4.69, 9.17) is 24.2 Å². The smallest absolute Gasteiger partial charge is 0.251 e. The van der Waals surface area contributed by atoms with E-state index in [9.17, 15) is 9.59 Å². The van der Waals surface area contributed by atoms with Crippen molar-refractivity contribution in [2.45, 2.75) is 19.4 Å². The molecular formula is C28H32N2O7. The van der Waals surface area contributed by atoms with Crippen LogP contribution >= 0.6 is 0 Å². The van der Waals surface area contributed by atoms with Crippen molar-refractivity contribution in [3.8, 4) is 28.4 Å². The van der Waals surface area contributed by atoms with Gasteiger partial charge in [-0.15, -0.1) is 0 Å². The molecule has 196 valence electrons. The summed E-state index contributed by atoms with van der Waals surface area (Å²) in [5.74, 6) is 0.665. The van der Waals surface area contributed by atoms with Crippen molar-refractivity contribution in [2.75, 3.05) is 27.6 Å². The molecule has 3 aromatic rings. The van der Waals surface area contributed by atoms with Crippen LogP contribution in [-0.2, 0) is 14.3 Å². The van der Waals surface area contributed by atoms with E-state index >= 15 is 0 Å². The highest BCUT2D eigenvalue weighted by molar-refractivity contribution is 5.94. The van der Waals surface area contributed by atoms with Crippen molar-refractivity contribution >= 4 is 11.8 Å². The zero-order valence-corrected chi connectivity index (χ0v) is 21.1. The van der Waals surface area contributed by atoms with E-state index in [0.717, 1.165) is 16.9 Å². The van der Waals surface area contributed by atoms with Crippen LogP contribution in [0.3, 0.4) is 0 Å². The molecule has 2 atom stereocenters. The highest BCUT2D eigenvalue weighted by atomic mass is 16.7. The number of amides is 2. The molecule has 9 heteroatoms. The summed E-state index contributed by atoms with van der Waals surface area (Å²) in [7, 11) is 3.13. The summed E-state index contributed by atoms with van der Waals surface area (Å²) >= 11 is 0. The Hall–Kier alpha value is -3.92. The molecular weight excluding hydrogens is 476 g/mol. The zero-order valence-electron chi connectivity index (χ0n) is 21.1. The van der Waals surface area contributed by atoms with Gasteiger partial charge in [-0.2, -0.15) is 0 Å². The van der Waals surface area contributed by atoms with Crippen LogP contribution in [0.25, 0.3) is 11.1 Å². The van der Waals surface area contributed by atoms with E-state index in [1.807, 2.05) is 48.5 Å². The number of carbonyl (C=O) groups is 2. The third-order valence-electron chi connectivity index (χ3n) is 5.68. The average molecular weight is 509 g/mol. The summed E-state index contributed by atoms with van der Waals surface area (Å²) in [6.07, 6.45) is 0.273. The van der Waals surface area contributed by atoms with Gasteiger partial charge in [0, 0.05) is 18.6 Å². The molecule has 0 aromatic heterocycles. The lowest BCUT2D eigenvalue weighted by Gasteiger charge is -2.21. The van der Waals surface area contributed by atoms with Crippen molar-refractivity contribution in [3.05, 3.63) is 78.4 Å². The molecule has 3 rings (SSSR count). The molecule has 0 spiro atoms. The molecule has 37 heavy (non-hydrogen) atoms. The Morgan fingerprint density at radius 3 is 1.89 bits per heavy atom. The van der Waals surface area contributed by atoms with E-state index in [0.29, 0.717) is 17.1 Å². The molecule has 0 saturated heterocycles. The summed E-state index contributed by atoms with van der Waals surface area (Å²) < 4.78 is 21.4. The van der Waals surface area contributed by atoms with Gasteiger partial charge in [0.15, 0.2) is 0 Å². The number of methoxy groups -OCH3 is 2. The molecule has 0 aliphatic rings. The molecule has 2 amide bonds. The summed E-state index contributed by atoms with van der Waals surface area (Å²) in [5, 5.41) is 11.7. The SMILES string of the molecule is COCOCC(CC(C)C(=O)NO)NC(=O)c1ccc(Oc2ccc(-c3ccc(OC)cc3)cc2)cc1. The number of nitrogens with one attached hydrogen (secondary N) is 2. The monoisotopic (exact) mass is 508 g/mol. The predicted octanol–water partition coefficient (Wildman–Crippen LogP) is 4.41. The second-order valence-corrected chi connectivity index (χ2v) is 8.44. The first-order valence-electron chi connectivity index (χ1n) is 11.8. The zero-order chi connectivity index (χ0) is 26.6. The molecule has 9 nitrogen and oxygen atoms in total. The van der Waals surface area contributed by atoms with Crippen molar-refractivity contribution in [2.24, 2.45) is 5.92 Å². The number of benzene rings is 3. The maximum Gasteiger partial charge on any atom is 0.251 e. The van der Waals surface area contributed by atoms with Gasteiger partial charge in [0.2, 0.25) is 5.91 Å². The maximum atomic E-state index is 12.8. The van der Waals surface area contributed by atoms with Gasteiger partial charge >= 0.3 is 0 Å². The third kappa shape index (κ3) is 8.32. The Morgan fingerprint density at radius 1 is 0.838 bits per heavy atom. The minimum absolute atomic E-state index is 0.0556. The minimum Gasteiger partial charge on any atom is -0.497 e. The summed E-state index contributed by atoms with van der Waals surface area (Å²) in [6, 6.07) is 21.8. The molecule has 0 radical (unpaired) electrons. The molecule has 3 aromatic carbocycles. The first-order chi connectivity index (χ1) is 17.9. The third-order valence-corrected chi connectivity index (χ3v) is 5.68. The number of hydrogen-bond acceptors (Lipinski definition) is 7. The number of hydroxylamine groups is 1. The topological polar surface area (TPSA) is 115 Å². The van der Waals surface area contributed by atoms with Crippen LogP contribution in [0, 0.1) is 5.92 Å². The Bertz CT molecular complexity index is 1130. The van der Waals surface area contributed by atoms with Crippen LogP contribution in [0.4, 0.5) is 0 Å². The number of ether oxygens (including phenoxy) is 4. The highest BCUT2D eigenvalue weighted by Crippen LogP contribution is 2.27. The van der Waals surface area contributed by atoms with Gasteiger partial charge in [0.1, 0.15) is 24.0 Å². The number of carbonyl (C=O) groups excluding carboxylic acids is 2. The van der Waals surface area contributed by atoms with Crippen LogP contribution in [0.5, 0.6) is 17.2 Å². The minimum atomic E-state index is -0.537. The van der Waals surface area contributed by atoms with E-state index in [1.54, 1.807) is 43.8 Å². The standard InChI is InChI=1S/C28H32N2O7/c1-19(27(31)30-33)16-23(17-36-18-34-2)29-28(32)22-8-14-26(15-9-22)37-25-12-6-21(7-13-25)20-4-10-24(35-3)11-5-20/h4-15,19,23,33H,16-18H2,1-3H3,(H,29,32)(H,30,31). The average Bonchev–Trinajstić information content (AvgIpc) is 2.93. The molecule has 0 bridgehead atoms. The van der Waals surface area contributed by atoms with Crippen LogP contribution in [0.2, 0.25) is 0 Å². The first kappa shape index (κ1) is 27.7. The molecule has 0 fully saturated rings. The van der Waals surface area contributed by atoms with E-state index in [-0.39, 0.29) is 25.7 Å². The molecule has 2 unspecified atom stereocenters. The fraction of sp³-hybridized carbons (Fsp3) is 0.286. The van der Waals surface area contributed by atoms with Crippen molar-refractivity contribution < 1.29 is 33.7 Å². The van der Waals surface area contributed by atoms with Crippen LogP contribution in [0.1, 0.15) is 23.7 Å². The second kappa shape index (κ2) is 14.0. The van der Waals surface area contributed by atoms with Crippen LogP contribution < -0.4 is 20.3 Å². The first-order valence-corrected chi connectivity index (χ1v) is 11.8. The quantitative estimate of drug-likeness (QED) is 0.136.